The van der Waals surface area contributed by atoms with Crippen LogP contribution >= 0.6 is 0 Å². The minimum atomic E-state index is -0.334. The van der Waals surface area contributed by atoms with Gasteiger partial charge in [-0.1, -0.05) is 24.3 Å². The summed E-state index contributed by atoms with van der Waals surface area (Å²) in [6.07, 6.45) is 0. The van der Waals surface area contributed by atoms with E-state index < -0.39 is 0 Å². The largest absolute Gasteiger partial charge is 0.496 e. The van der Waals surface area contributed by atoms with Crippen LogP contribution in [0.15, 0.2) is 36.4 Å². The third kappa shape index (κ3) is 2.76. The van der Waals surface area contributed by atoms with Crippen molar-refractivity contribution >= 4 is 0 Å². The molecule has 1 atom stereocenters. The number of halogens is 1. The number of methoxy groups -OCH3 is 1. The fraction of sp³-hybridized carbons (Fsp3) is 0.250. The summed E-state index contributed by atoms with van der Waals surface area (Å²) in [6, 6.07) is 10.5. The van der Waals surface area contributed by atoms with E-state index in [2.05, 4.69) is 0 Å². The maximum absolute atomic E-state index is 13.6. The second-order valence-electron chi connectivity index (χ2n) is 4.72. The van der Waals surface area contributed by atoms with Crippen molar-refractivity contribution in [1.29, 1.82) is 0 Å². The van der Waals surface area contributed by atoms with Gasteiger partial charge in [-0.05, 0) is 48.2 Å². The number of rotatable bonds is 3. The lowest BCUT2D eigenvalue weighted by Crippen LogP contribution is -2.12. The zero-order valence-electron chi connectivity index (χ0n) is 11.4. The highest BCUT2D eigenvalue weighted by Crippen LogP contribution is 2.26. The van der Waals surface area contributed by atoms with Gasteiger partial charge in [-0.2, -0.15) is 0 Å². The van der Waals surface area contributed by atoms with E-state index in [1.54, 1.807) is 20.1 Å². The Morgan fingerprint density at radius 2 is 1.63 bits per heavy atom. The second kappa shape index (κ2) is 5.41. The summed E-state index contributed by atoms with van der Waals surface area (Å²) in [4.78, 5) is 0. The summed E-state index contributed by atoms with van der Waals surface area (Å²) >= 11 is 0. The third-order valence-corrected chi connectivity index (χ3v) is 3.33. The molecule has 0 amide bonds. The predicted octanol–water partition coefficient (Wildman–Crippen LogP) is 3.50. The van der Waals surface area contributed by atoms with Crippen molar-refractivity contribution in [2.45, 2.75) is 19.9 Å². The van der Waals surface area contributed by atoms with Gasteiger partial charge in [0.2, 0.25) is 0 Å². The van der Waals surface area contributed by atoms with Gasteiger partial charge in [0.25, 0.3) is 0 Å². The highest BCUT2D eigenvalue weighted by atomic mass is 19.1. The van der Waals surface area contributed by atoms with Crippen LogP contribution in [0.4, 0.5) is 4.39 Å². The van der Waals surface area contributed by atoms with Crippen molar-refractivity contribution in [2.24, 2.45) is 5.73 Å². The van der Waals surface area contributed by atoms with Crippen LogP contribution in [0, 0.1) is 19.7 Å². The van der Waals surface area contributed by atoms with E-state index in [0.717, 1.165) is 22.4 Å². The molecule has 2 N–H and O–H groups in total. The van der Waals surface area contributed by atoms with Gasteiger partial charge in [0.15, 0.2) is 0 Å². The molecular formula is C16H18FNO. The molecule has 2 rings (SSSR count). The first kappa shape index (κ1) is 13.6. The zero-order valence-corrected chi connectivity index (χ0v) is 11.4. The van der Waals surface area contributed by atoms with Crippen LogP contribution in [0.5, 0.6) is 5.75 Å². The van der Waals surface area contributed by atoms with Crippen molar-refractivity contribution in [1.82, 2.24) is 0 Å². The van der Waals surface area contributed by atoms with E-state index in [0.29, 0.717) is 5.56 Å². The van der Waals surface area contributed by atoms with Crippen LogP contribution in [-0.2, 0) is 0 Å². The lowest BCUT2D eigenvalue weighted by Gasteiger charge is -2.15. The number of nitrogens with two attached hydrogens (primary N) is 1. The van der Waals surface area contributed by atoms with Gasteiger partial charge < -0.3 is 10.5 Å². The number of ether oxygens (including phenoxy) is 1. The van der Waals surface area contributed by atoms with Gasteiger partial charge >= 0.3 is 0 Å². The topological polar surface area (TPSA) is 35.2 Å². The van der Waals surface area contributed by atoms with Crippen molar-refractivity contribution in [3.05, 3.63) is 64.5 Å². The summed E-state index contributed by atoms with van der Waals surface area (Å²) in [5.41, 5.74) is 9.55. The fourth-order valence-corrected chi connectivity index (χ4v) is 2.09. The fourth-order valence-electron chi connectivity index (χ4n) is 2.09. The summed E-state index contributed by atoms with van der Waals surface area (Å²) < 4.78 is 18.8. The molecule has 0 saturated heterocycles. The lowest BCUT2D eigenvalue weighted by atomic mass is 9.97. The molecule has 0 saturated carbocycles. The van der Waals surface area contributed by atoms with Crippen LogP contribution in [0.1, 0.15) is 28.3 Å². The van der Waals surface area contributed by atoms with Crippen LogP contribution in [0.2, 0.25) is 0 Å². The molecule has 100 valence electrons. The van der Waals surface area contributed by atoms with Crippen LogP contribution in [-0.4, -0.2) is 7.11 Å². The third-order valence-electron chi connectivity index (χ3n) is 3.33. The van der Waals surface area contributed by atoms with Gasteiger partial charge in [-0.3, -0.25) is 0 Å². The molecule has 0 aliphatic heterocycles. The summed E-state index contributed by atoms with van der Waals surface area (Å²) in [7, 11) is 1.64. The van der Waals surface area contributed by atoms with Crippen LogP contribution < -0.4 is 10.5 Å². The maximum Gasteiger partial charge on any atom is 0.126 e. The Balaban J connectivity index is 2.35. The quantitative estimate of drug-likeness (QED) is 0.915. The summed E-state index contributed by atoms with van der Waals surface area (Å²) in [5, 5.41) is 0. The van der Waals surface area contributed by atoms with Crippen molar-refractivity contribution in [3.8, 4) is 5.75 Å². The Hall–Kier alpha value is -1.87. The van der Waals surface area contributed by atoms with E-state index >= 15 is 0 Å². The Bertz CT molecular complexity index is 595. The number of benzene rings is 2. The van der Waals surface area contributed by atoms with E-state index in [1.807, 2.05) is 31.2 Å². The van der Waals surface area contributed by atoms with Crippen molar-refractivity contribution in [2.75, 3.05) is 7.11 Å². The SMILES string of the molecule is COc1ccc(C(N)c2ccc(C)c(F)c2)cc1C. The van der Waals surface area contributed by atoms with Gasteiger partial charge in [0.05, 0.1) is 13.2 Å². The molecule has 0 heterocycles. The average molecular weight is 259 g/mol. The number of aryl methyl sites for hydroxylation is 2. The molecular weight excluding hydrogens is 241 g/mol. The monoisotopic (exact) mass is 259 g/mol. The first-order valence-corrected chi connectivity index (χ1v) is 6.19. The molecule has 0 aliphatic rings. The van der Waals surface area contributed by atoms with E-state index in [1.165, 1.54) is 6.07 Å². The predicted molar refractivity (Wildman–Crippen MR) is 74.9 cm³/mol. The molecule has 0 aromatic heterocycles. The molecule has 0 aliphatic carbocycles. The van der Waals surface area contributed by atoms with Crippen molar-refractivity contribution < 1.29 is 9.13 Å². The smallest absolute Gasteiger partial charge is 0.126 e. The minimum absolute atomic E-state index is 0.224. The average Bonchev–Trinajstić information content (AvgIpc) is 2.41. The number of hydrogen-bond donors (Lipinski definition) is 1. The van der Waals surface area contributed by atoms with Crippen LogP contribution in [0.25, 0.3) is 0 Å². The Morgan fingerprint density at radius 3 is 2.21 bits per heavy atom. The lowest BCUT2D eigenvalue weighted by molar-refractivity contribution is 0.411. The van der Waals surface area contributed by atoms with Gasteiger partial charge in [0, 0.05) is 0 Å². The zero-order chi connectivity index (χ0) is 14.0. The maximum atomic E-state index is 13.6. The molecule has 0 fully saturated rings. The molecule has 0 bridgehead atoms. The van der Waals surface area contributed by atoms with Crippen LogP contribution in [0.3, 0.4) is 0 Å². The molecule has 3 heteroatoms. The molecule has 2 aromatic rings. The first-order chi connectivity index (χ1) is 9.02. The normalized spacial score (nSPS) is 12.3. The second-order valence-corrected chi connectivity index (χ2v) is 4.72. The Labute approximate surface area is 113 Å². The molecule has 0 spiro atoms. The van der Waals surface area contributed by atoms with Gasteiger partial charge in [-0.25, -0.2) is 4.39 Å². The standard InChI is InChI=1S/C16H18FNO/c1-10-4-5-13(9-14(10)17)16(18)12-6-7-15(19-3)11(2)8-12/h4-9,16H,18H2,1-3H3. The summed E-state index contributed by atoms with van der Waals surface area (Å²) in [5.74, 6) is 0.601. The Kier molecular flexibility index (Phi) is 3.86. The molecule has 0 radical (unpaired) electrons. The highest BCUT2D eigenvalue weighted by Gasteiger charge is 2.12. The number of hydrogen-bond acceptors (Lipinski definition) is 2. The Morgan fingerprint density at radius 1 is 1.00 bits per heavy atom. The van der Waals surface area contributed by atoms with Gasteiger partial charge in [-0.15, -0.1) is 0 Å². The van der Waals surface area contributed by atoms with E-state index in [-0.39, 0.29) is 11.9 Å². The molecule has 19 heavy (non-hydrogen) atoms. The molecule has 2 aromatic carbocycles. The van der Waals surface area contributed by atoms with Crippen molar-refractivity contribution in [3.63, 3.8) is 0 Å². The van der Waals surface area contributed by atoms with E-state index in [9.17, 15) is 4.39 Å². The molecule has 1 unspecified atom stereocenters. The van der Waals surface area contributed by atoms with E-state index in [4.69, 9.17) is 10.5 Å². The molecule has 2 nitrogen and oxygen atoms in total. The summed E-state index contributed by atoms with van der Waals surface area (Å²) in [6.45, 7) is 3.70. The van der Waals surface area contributed by atoms with Gasteiger partial charge in [0.1, 0.15) is 11.6 Å². The first-order valence-electron chi connectivity index (χ1n) is 6.19. The highest BCUT2D eigenvalue weighted by molar-refractivity contribution is 5.41. The minimum Gasteiger partial charge on any atom is -0.496 e.